The van der Waals surface area contributed by atoms with Crippen molar-refractivity contribution >= 4 is 28.2 Å². The third kappa shape index (κ3) is 3.05. The number of fused-ring (bicyclic) bond motifs is 1. The van der Waals surface area contributed by atoms with Crippen LogP contribution >= 0.6 is 0 Å². The van der Waals surface area contributed by atoms with Crippen LogP contribution in [0.4, 0.5) is 11.4 Å². The van der Waals surface area contributed by atoms with Crippen molar-refractivity contribution in [3.63, 3.8) is 0 Å². The third-order valence-corrected chi connectivity index (χ3v) is 4.49. The van der Waals surface area contributed by atoms with Crippen molar-refractivity contribution in [3.05, 3.63) is 42.6 Å². The maximum absolute atomic E-state index is 12.4. The molecule has 0 atom stereocenters. The van der Waals surface area contributed by atoms with Crippen LogP contribution in [0.25, 0.3) is 10.9 Å². The fourth-order valence-electron chi connectivity index (χ4n) is 3.29. The normalized spacial score (nSPS) is 14.7. The van der Waals surface area contributed by atoms with Crippen LogP contribution in [0.15, 0.2) is 36.8 Å². The number of anilines is 2. The van der Waals surface area contributed by atoms with Crippen molar-refractivity contribution in [2.45, 2.75) is 19.3 Å². The van der Waals surface area contributed by atoms with Crippen molar-refractivity contribution in [3.8, 4) is 0 Å². The van der Waals surface area contributed by atoms with Gasteiger partial charge in [-0.25, -0.2) is 4.98 Å². The molecule has 0 aliphatic carbocycles. The Balaban J connectivity index is 1.69. The number of nitrogens with one attached hydrogen (secondary N) is 1. The molecule has 1 aliphatic heterocycles. The van der Waals surface area contributed by atoms with Gasteiger partial charge in [0.1, 0.15) is 6.33 Å². The number of aromatic nitrogens is 4. The lowest BCUT2D eigenvalue weighted by Gasteiger charge is -2.30. The number of piperidine rings is 1. The lowest BCUT2D eigenvalue weighted by atomic mass is 10.1. The third-order valence-electron chi connectivity index (χ3n) is 4.49. The molecular formula is C18H20N6O. The van der Waals surface area contributed by atoms with Crippen molar-refractivity contribution < 1.29 is 4.79 Å². The summed E-state index contributed by atoms with van der Waals surface area (Å²) in [6.07, 6.45) is 6.97. The maximum Gasteiger partial charge on any atom is 0.295 e. The van der Waals surface area contributed by atoms with Crippen molar-refractivity contribution in [1.29, 1.82) is 0 Å². The Labute approximate surface area is 145 Å². The first-order valence-corrected chi connectivity index (χ1v) is 8.52. The summed E-state index contributed by atoms with van der Waals surface area (Å²) in [5.41, 5.74) is 2.64. The summed E-state index contributed by atoms with van der Waals surface area (Å²) in [6, 6.07) is 7.97. The highest BCUT2D eigenvalue weighted by molar-refractivity contribution is 6.08. The lowest BCUT2D eigenvalue weighted by molar-refractivity contribution is 0.101. The molecule has 7 nitrogen and oxygen atoms in total. The summed E-state index contributed by atoms with van der Waals surface area (Å²) in [6.45, 7) is 2.13. The molecule has 0 bridgehead atoms. The number of amides is 1. The number of rotatable bonds is 3. The summed E-state index contributed by atoms with van der Waals surface area (Å²) in [7, 11) is 1.73. The summed E-state index contributed by atoms with van der Waals surface area (Å²) in [5.74, 6) is -0.190. The molecule has 0 spiro atoms. The van der Waals surface area contributed by atoms with Crippen LogP contribution < -0.4 is 10.2 Å². The quantitative estimate of drug-likeness (QED) is 0.796. The van der Waals surface area contributed by atoms with Crippen LogP contribution in [0.3, 0.4) is 0 Å². The second-order valence-corrected chi connectivity index (χ2v) is 6.28. The van der Waals surface area contributed by atoms with E-state index in [0.717, 1.165) is 24.0 Å². The van der Waals surface area contributed by atoms with Crippen LogP contribution in [0.5, 0.6) is 0 Å². The Bertz CT molecular complexity index is 913. The molecule has 1 aliphatic rings. The monoisotopic (exact) mass is 336 g/mol. The van der Waals surface area contributed by atoms with Crippen molar-refractivity contribution in [1.82, 2.24) is 19.7 Å². The number of hydrogen-bond donors (Lipinski definition) is 1. The molecule has 3 aromatic rings. The highest BCUT2D eigenvalue weighted by Crippen LogP contribution is 2.32. The molecule has 0 saturated carbocycles. The molecule has 1 amide bonds. The van der Waals surface area contributed by atoms with E-state index in [4.69, 9.17) is 0 Å². The smallest absolute Gasteiger partial charge is 0.295 e. The van der Waals surface area contributed by atoms with Gasteiger partial charge < -0.3 is 10.2 Å². The summed E-state index contributed by atoms with van der Waals surface area (Å²) in [4.78, 5) is 23.3. The van der Waals surface area contributed by atoms with E-state index >= 15 is 0 Å². The fourth-order valence-corrected chi connectivity index (χ4v) is 3.29. The minimum atomic E-state index is -0.335. The Morgan fingerprint density at radius 2 is 1.96 bits per heavy atom. The predicted octanol–water partition coefficient (Wildman–Crippen LogP) is 2.61. The number of carbonyl (C=O) groups is 1. The lowest BCUT2D eigenvalue weighted by Crippen LogP contribution is -2.29. The van der Waals surface area contributed by atoms with E-state index < -0.39 is 0 Å². The standard InChI is InChI=1S/C18H20N6O/c1-23-12-20-17(22-23)18(25)21-14-7-8-15(24-10-3-2-4-11-24)13-6-5-9-19-16(13)14/h5-9,12H,2-4,10-11H2,1H3,(H,21,25). The number of aryl methyl sites for hydroxylation is 1. The molecule has 128 valence electrons. The summed E-state index contributed by atoms with van der Waals surface area (Å²) >= 11 is 0. The van der Waals surface area contributed by atoms with E-state index in [9.17, 15) is 4.79 Å². The summed E-state index contributed by atoms with van der Waals surface area (Å²) < 4.78 is 1.50. The second-order valence-electron chi connectivity index (χ2n) is 6.28. The molecule has 0 radical (unpaired) electrons. The van der Waals surface area contributed by atoms with E-state index in [1.54, 1.807) is 13.2 Å². The van der Waals surface area contributed by atoms with Crippen molar-refractivity contribution in [2.24, 2.45) is 7.05 Å². The van der Waals surface area contributed by atoms with Crippen molar-refractivity contribution in [2.75, 3.05) is 23.3 Å². The number of benzene rings is 1. The van der Waals surface area contributed by atoms with Gasteiger partial charge in [-0.1, -0.05) is 0 Å². The molecule has 3 heterocycles. The molecule has 1 N–H and O–H groups in total. The zero-order valence-electron chi connectivity index (χ0n) is 14.1. The number of carbonyl (C=O) groups excluding carboxylic acids is 1. The molecule has 0 unspecified atom stereocenters. The van der Waals surface area contributed by atoms with E-state index in [1.165, 1.54) is 36.0 Å². The number of pyridine rings is 1. The second kappa shape index (κ2) is 6.51. The summed E-state index contributed by atoms with van der Waals surface area (Å²) in [5, 5.41) is 7.98. The van der Waals surface area contributed by atoms with Gasteiger partial charge in [-0.2, -0.15) is 0 Å². The fraction of sp³-hybridized carbons (Fsp3) is 0.333. The Kier molecular flexibility index (Phi) is 4.05. The van der Waals surface area contributed by atoms with Gasteiger partial charge in [0.25, 0.3) is 5.91 Å². The first-order valence-electron chi connectivity index (χ1n) is 8.52. The average Bonchev–Trinajstić information content (AvgIpc) is 3.09. The van der Waals surface area contributed by atoms with Gasteiger partial charge in [0.05, 0.1) is 11.2 Å². The number of hydrogen-bond acceptors (Lipinski definition) is 5. The molecule has 25 heavy (non-hydrogen) atoms. The van der Waals surface area contributed by atoms with Crippen LogP contribution in [-0.2, 0) is 7.05 Å². The first kappa shape index (κ1) is 15.6. The minimum Gasteiger partial charge on any atom is -0.371 e. The molecule has 4 rings (SSSR count). The Hall–Kier alpha value is -2.96. The van der Waals surface area contributed by atoms with Crippen LogP contribution in [0.2, 0.25) is 0 Å². The van der Waals surface area contributed by atoms with Gasteiger partial charge in [0.15, 0.2) is 0 Å². The van der Waals surface area contributed by atoms with Gasteiger partial charge in [-0.3, -0.25) is 14.5 Å². The number of nitrogens with zero attached hydrogens (tertiary/aromatic N) is 5. The van der Waals surface area contributed by atoms with E-state index in [0.29, 0.717) is 5.69 Å². The molecule has 1 saturated heterocycles. The van der Waals surface area contributed by atoms with E-state index in [-0.39, 0.29) is 11.7 Å². The zero-order valence-corrected chi connectivity index (χ0v) is 14.1. The van der Waals surface area contributed by atoms with Crippen LogP contribution in [-0.4, -0.2) is 38.7 Å². The zero-order chi connectivity index (χ0) is 17.2. The minimum absolute atomic E-state index is 0.145. The maximum atomic E-state index is 12.4. The molecule has 1 aromatic carbocycles. The average molecular weight is 336 g/mol. The van der Waals surface area contributed by atoms with E-state index in [1.807, 2.05) is 12.1 Å². The largest absolute Gasteiger partial charge is 0.371 e. The SMILES string of the molecule is Cn1cnc(C(=O)Nc2ccc(N3CCCCC3)c3cccnc23)n1. The van der Waals surface area contributed by atoms with Crippen LogP contribution in [0, 0.1) is 0 Å². The topological polar surface area (TPSA) is 75.9 Å². The van der Waals surface area contributed by atoms with Crippen LogP contribution in [0.1, 0.15) is 29.9 Å². The Morgan fingerprint density at radius 3 is 2.72 bits per heavy atom. The van der Waals surface area contributed by atoms with Gasteiger partial charge in [-0.15, -0.1) is 5.10 Å². The van der Waals surface area contributed by atoms with E-state index in [2.05, 4.69) is 37.4 Å². The molecule has 2 aromatic heterocycles. The highest BCUT2D eigenvalue weighted by Gasteiger charge is 2.17. The Morgan fingerprint density at radius 1 is 1.12 bits per heavy atom. The molecule has 1 fully saturated rings. The first-order chi connectivity index (χ1) is 12.2. The highest BCUT2D eigenvalue weighted by atomic mass is 16.2. The van der Waals surface area contributed by atoms with Gasteiger partial charge in [-0.05, 0) is 43.5 Å². The van der Waals surface area contributed by atoms with Gasteiger partial charge in [0, 0.05) is 37.4 Å². The molecular weight excluding hydrogens is 316 g/mol. The molecule has 7 heteroatoms. The van der Waals surface area contributed by atoms with Gasteiger partial charge >= 0.3 is 0 Å². The predicted molar refractivity (Wildman–Crippen MR) is 96.8 cm³/mol. The van der Waals surface area contributed by atoms with Gasteiger partial charge in [0.2, 0.25) is 5.82 Å².